The molecule has 1 aliphatic carbocycles. The van der Waals surface area contributed by atoms with Crippen molar-refractivity contribution in [2.75, 3.05) is 24.8 Å². The second-order valence-corrected chi connectivity index (χ2v) is 8.90. The topological polar surface area (TPSA) is 105 Å². The molecule has 2 aromatic carbocycles. The number of amides is 2. The van der Waals surface area contributed by atoms with Crippen LogP contribution in [-0.4, -0.2) is 38.9 Å². The highest BCUT2D eigenvalue weighted by molar-refractivity contribution is 7.89. The second-order valence-electron chi connectivity index (χ2n) is 6.97. The lowest BCUT2D eigenvalue weighted by atomic mass is 10.1. The van der Waals surface area contributed by atoms with Crippen LogP contribution in [0.2, 0.25) is 0 Å². The first kappa shape index (κ1) is 21.0. The van der Waals surface area contributed by atoms with E-state index < -0.39 is 10.0 Å². The van der Waals surface area contributed by atoms with Crippen molar-refractivity contribution in [2.45, 2.75) is 18.2 Å². The van der Waals surface area contributed by atoms with Crippen molar-refractivity contribution in [3.63, 3.8) is 0 Å². The quantitative estimate of drug-likeness (QED) is 0.674. The fourth-order valence-electron chi connectivity index (χ4n) is 2.82. The molecule has 2 atom stereocenters. The van der Waals surface area contributed by atoms with E-state index in [1.807, 2.05) is 6.92 Å². The van der Waals surface area contributed by atoms with Crippen LogP contribution in [-0.2, 0) is 19.7 Å². The molecule has 2 unspecified atom stereocenters. The molecule has 0 spiro atoms. The molecule has 2 aromatic rings. The van der Waals surface area contributed by atoms with Crippen LogP contribution < -0.4 is 10.6 Å². The van der Waals surface area contributed by atoms with Crippen LogP contribution in [0.15, 0.2) is 53.4 Å². The zero-order valence-electron chi connectivity index (χ0n) is 16.4. The number of nitrogens with one attached hydrogen (secondary N) is 2. The minimum atomic E-state index is -3.75. The largest absolute Gasteiger partial charge is 0.326 e. The standard InChI is InChI=1S/C20H23N3O5S/c1-13-11-18(13)20(25)22-16-6-4-5-14(12-16)19(24)21-15-7-9-17(10-8-15)29(26,27)23(2)28-3/h4-10,12-13,18H,11H2,1-3H3,(H,21,24)(H,22,25). The van der Waals surface area contributed by atoms with Crippen molar-refractivity contribution in [3.8, 4) is 0 Å². The predicted molar refractivity (Wildman–Crippen MR) is 109 cm³/mol. The number of sulfonamides is 1. The van der Waals surface area contributed by atoms with Crippen LogP contribution in [0, 0.1) is 11.8 Å². The highest BCUT2D eigenvalue weighted by atomic mass is 32.2. The monoisotopic (exact) mass is 417 g/mol. The molecule has 3 rings (SSSR count). The van der Waals surface area contributed by atoms with E-state index in [-0.39, 0.29) is 22.6 Å². The highest BCUT2D eigenvalue weighted by Gasteiger charge is 2.39. The summed E-state index contributed by atoms with van der Waals surface area (Å²) in [5.41, 5.74) is 1.38. The van der Waals surface area contributed by atoms with Gasteiger partial charge in [-0.3, -0.25) is 14.4 Å². The third-order valence-electron chi connectivity index (χ3n) is 4.84. The van der Waals surface area contributed by atoms with E-state index in [0.717, 1.165) is 10.9 Å². The van der Waals surface area contributed by atoms with Crippen LogP contribution in [0.1, 0.15) is 23.7 Å². The van der Waals surface area contributed by atoms with Gasteiger partial charge in [-0.15, -0.1) is 0 Å². The first-order valence-electron chi connectivity index (χ1n) is 9.07. The number of rotatable bonds is 7. The highest BCUT2D eigenvalue weighted by Crippen LogP contribution is 2.38. The molecule has 0 aliphatic heterocycles. The van der Waals surface area contributed by atoms with Gasteiger partial charge in [-0.1, -0.05) is 17.5 Å². The smallest absolute Gasteiger partial charge is 0.264 e. The lowest BCUT2D eigenvalue weighted by Crippen LogP contribution is -2.25. The van der Waals surface area contributed by atoms with Gasteiger partial charge in [0.1, 0.15) is 0 Å². The van der Waals surface area contributed by atoms with Gasteiger partial charge >= 0.3 is 0 Å². The summed E-state index contributed by atoms with van der Waals surface area (Å²) in [6.07, 6.45) is 0.887. The average molecular weight is 417 g/mol. The minimum Gasteiger partial charge on any atom is -0.326 e. The molecule has 0 saturated heterocycles. The Hall–Kier alpha value is -2.75. The van der Waals surface area contributed by atoms with Gasteiger partial charge in [-0.25, -0.2) is 8.42 Å². The van der Waals surface area contributed by atoms with Crippen LogP contribution in [0.25, 0.3) is 0 Å². The number of hydrogen-bond donors (Lipinski definition) is 2. The van der Waals surface area contributed by atoms with Crippen LogP contribution in [0.4, 0.5) is 11.4 Å². The SMILES string of the molecule is CON(C)S(=O)(=O)c1ccc(NC(=O)c2cccc(NC(=O)C3CC3C)c2)cc1. The first-order chi connectivity index (χ1) is 13.7. The third kappa shape index (κ3) is 4.81. The summed E-state index contributed by atoms with van der Waals surface area (Å²) in [6.45, 7) is 2.03. The van der Waals surface area contributed by atoms with Gasteiger partial charge in [-0.2, -0.15) is 0 Å². The molecule has 1 aliphatic rings. The number of nitrogens with zero attached hydrogens (tertiary/aromatic N) is 1. The average Bonchev–Trinajstić information content (AvgIpc) is 3.44. The molecule has 0 bridgehead atoms. The molecule has 154 valence electrons. The summed E-state index contributed by atoms with van der Waals surface area (Å²) in [5, 5.41) is 5.54. The van der Waals surface area contributed by atoms with Gasteiger partial charge in [0.05, 0.1) is 12.0 Å². The van der Waals surface area contributed by atoms with Gasteiger partial charge in [0.25, 0.3) is 15.9 Å². The fraction of sp³-hybridized carbons (Fsp3) is 0.300. The molecule has 2 N–H and O–H groups in total. The Morgan fingerprint density at radius 2 is 1.72 bits per heavy atom. The number of carbonyl (C=O) groups excluding carboxylic acids is 2. The van der Waals surface area contributed by atoms with Crippen molar-refractivity contribution in [1.29, 1.82) is 0 Å². The summed E-state index contributed by atoms with van der Waals surface area (Å²) < 4.78 is 25.1. The Labute approximate surface area is 169 Å². The van der Waals surface area contributed by atoms with E-state index in [1.54, 1.807) is 24.3 Å². The van der Waals surface area contributed by atoms with E-state index in [4.69, 9.17) is 4.84 Å². The Morgan fingerprint density at radius 3 is 2.31 bits per heavy atom. The van der Waals surface area contributed by atoms with E-state index in [2.05, 4.69) is 10.6 Å². The summed E-state index contributed by atoms with van der Waals surface area (Å²) in [5.74, 6) is 0.0368. The van der Waals surface area contributed by atoms with Crippen LogP contribution in [0.5, 0.6) is 0 Å². The molecule has 0 heterocycles. The molecular weight excluding hydrogens is 394 g/mol. The fourth-order valence-corrected chi connectivity index (χ4v) is 3.79. The number of anilines is 2. The molecule has 29 heavy (non-hydrogen) atoms. The van der Waals surface area contributed by atoms with Crippen LogP contribution >= 0.6 is 0 Å². The van der Waals surface area contributed by atoms with Gasteiger partial charge in [0.15, 0.2) is 0 Å². The van der Waals surface area contributed by atoms with Crippen molar-refractivity contribution in [1.82, 2.24) is 4.47 Å². The lowest BCUT2D eigenvalue weighted by molar-refractivity contribution is -0.117. The van der Waals surface area contributed by atoms with Gasteiger partial charge in [0, 0.05) is 29.9 Å². The molecule has 1 saturated carbocycles. The molecule has 0 radical (unpaired) electrons. The number of carbonyl (C=O) groups is 2. The van der Waals surface area contributed by atoms with Crippen molar-refractivity contribution >= 4 is 33.2 Å². The summed E-state index contributed by atoms with van der Waals surface area (Å²) in [4.78, 5) is 29.4. The molecule has 9 heteroatoms. The van der Waals surface area contributed by atoms with Crippen molar-refractivity contribution in [2.24, 2.45) is 11.8 Å². The molecular formula is C20H23N3O5S. The number of benzene rings is 2. The van der Waals surface area contributed by atoms with Gasteiger partial charge in [0.2, 0.25) is 5.91 Å². The number of hydroxylamine groups is 1. The maximum Gasteiger partial charge on any atom is 0.264 e. The van der Waals surface area contributed by atoms with Gasteiger partial charge in [-0.05, 0) is 54.8 Å². The number of hydrogen-bond acceptors (Lipinski definition) is 5. The Balaban J connectivity index is 1.67. The van der Waals surface area contributed by atoms with E-state index >= 15 is 0 Å². The zero-order valence-corrected chi connectivity index (χ0v) is 17.2. The van der Waals surface area contributed by atoms with E-state index in [1.165, 1.54) is 38.4 Å². The molecule has 0 aromatic heterocycles. The third-order valence-corrected chi connectivity index (χ3v) is 6.54. The molecule has 1 fully saturated rings. The lowest BCUT2D eigenvalue weighted by Gasteiger charge is -2.14. The van der Waals surface area contributed by atoms with E-state index in [9.17, 15) is 18.0 Å². The van der Waals surface area contributed by atoms with Gasteiger partial charge < -0.3 is 10.6 Å². The Bertz CT molecular complexity index is 1020. The summed E-state index contributed by atoms with van der Waals surface area (Å²) in [7, 11) is -1.20. The normalized spacial score (nSPS) is 18.3. The Morgan fingerprint density at radius 1 is 1.07 bits per heavy atom. The summed E-state index contributed by atoms with van der Waals surface area (Å²) in [6, 6.07) is 12.4. The molecule has 2 amide bonds. The van der Waals surface area contributed by atoms with E-state index in [0.29, 0.717) is 22.9 Å². The minimum absolute atomic E-state index is 0.0344. The first-order valence-corrected chi connectivity index (χ1v) is 10.5. The maximum absolute atomic E-state index is 12.5. The Kier molecular flexibility index (Phi) is 6.02. The maximum atomic E-state index is 12.5. The molecule has 8 nitrogen and oxygen atoms in total. The van der Waals surface area contributed by atoms with Crippen molar-refractivity contribution < 1.29 is 22.8 Å². The second kappa shape index (κ2) is 8.32. The zero-order chi connectivity index (χ0) is 21.2. The van der Waals surface area contributed by atoms with Crippen molar-refractivity contribution in [3.05, 3.63) is 54.1 Å². The van der Waals surface area contributed by atoms with Crippen LogP contribution in [0.3, 0.4) is 0 Å². The predicted octanol–water partition coefficient (Wildman–Crippen LogP) is 2.72. The summed E-state index contributed by atoms with van der Waals surface area (Å²) >= 11 is 0.